The summed E-state index contributed by atoms with van der Waals surface area (Å²) in [6.45, 7) is 4.11. The van der Waals surface area contributed by atoms with E-state index in [0.717, 1.165) is 0 Å². The number of rotatable bonds is 4. The van der Waals surface area contributed by atoms with E-state index < -0.39 is 11.2 Å². The number of nitrogens with one attached hydrogen (secondary N) is 2. The van der Waals surface area contributed by atoms with Crippen molar-refractivity contribution < 1.29 is 4.42 Å². The second-order valence-electron chi connectivity index (χ2n) is 3.98. The maximum atomic E-state index is 11.7. The molecule has 2 heterocycles. The van der Waals surface area contributed by atoms with Gasteiger partial charge in [0.2, 0.25) is 5.89 Å². The molecule has 0 aliphatic carbocycles. The number of H-pyrrole nitrogens is 1. The summed E-state index contributed by atoms with van der Waals surface area (Å²) in [5.41, 5.74) is 4.85. The van der Waals surface area contributed by atoms with Gasteiger partial charge in [-0.1, -0.05) is 0 Å². The molecule has 2 aromatic rings. The first-order chi connectivity index (χ1) is 9.02. The van der Waals surface area contributed by atoms with Crippen molar-refractivity contribution in [1.29, 1.82) is 0 Å². The second-order valence-corrected chi connectivity index (χ2v) is 3.98. The summed E-state index contributed by atoms with van der Waals surface area (Å²) in [4.78, 5) is 29.4. The molecule has 0 fully saturated rings. The van der Waals surface area contributed by atoms with E-state index in [9.17, 15) is 9.59 Å². The number of aromatic amines is 1. The highest BCUT2D eigenvalue weighted by Crippen LogP contribution is 2.11. The summed E-state index contributed by atoms with van der Waals surface area (Å²) < 4.78 is 6.54. The van der Waals surface area contributed by atoms with Gasteiger partial charge in [-0.15, -0.1) is 0 Å². The average molecular weight is 265 g/mol. The van der Waals surface area contributed by atoms with Gasteiger partial charge in [-0.2, -0.15) is 0 Å². The first-order valence-electron chi connectivity index (χ1n) is 5.80. The highest BCUT2D eigenvalue weighted by Gasteiger charge is 2.11. The van der Waals surface area contributed by atoms with Crippen molar-refractivity contribution in [2.45, 2.75) is 26.9 Å². The number of hydrogen-bond donors (Lipinski definition) is 3. The van der Waals surface area contributed by atoms with Crippen molar-refractivity contribution >= 4 is 11.5 Å². The van der Waals surface area contributed by atoms with Gasteiger partial charge >= 0.3 is 5.69 Å². The van der Waals surface area contributed by atoms with Crippen molar-refractivity contribution in [3.8, 4) is 0 Å². The molecule has 0 bridgehead atoms. The van der Waals surface area contributed by atoms with Gasteiger partial charge < -0.3 is 15.5 Å². The zero-order valence-electron chi connectivity index (χ0n) is 10.7. The van der Waals surface area contributed by atoms with Crippen LogP contribution in [0.15, 0.2) is 20.2 Å². The molecule has 0 aromatic carbocycles. The van der Waals surface area contributed by atoms with E-state index in [4.69, 9.17) is 10.2 Å². The Bertz CT molecular complexity index is 697. The summed E-state index contributed by atoms with van der Waals surface area (Å²) in [5.74, 6) is 1.21. The molecule has 0 radical (unpaired) electrons. The molecular weight excluding hydrogens is 250 g/mol. The molecule has 0 amide bonds. The number of aryl methyl sites for hydroxylation is 1. The maximum Gasteiger partial charge on any atom is 0.330 e. The lowest BCUT2D eigenvalue weighted by atomic mass is 10.4. The predicted molar refractivity (Wildman–Crippen MR) is 70.0 cm³/mol. The molecule has 4 N–H and O–H groups in total. The SMILES string of the molecule is CCn1c(N)c(NCc2ncc(C)o2)c(=O)[nH]c1=O. The van der Waals surface area contributed by atoms with Gasteiger partial charge in [-0.25, -0.2) is 9.78 Å². The van der Waals surface area contributed by atoms with Gasteiger partial charge in [-0.05, 0) is 13.8 Å². The fourth-order valence-corrected chi connectivity index (χ4v) is 1.72. The molecule has 8 nitrogen and oxygen atoms in total. The standard InChI is InChI=1S/C11H15N5O3/c1-3-16-9(12)8(10(17)15-11(16)18)14-5-7-13-4-6(2)19-7/h4,14H,3,5,12H2,1-2H3,(H,15,17,18). The molecule has 8 heteroatoms. The topological polar surface area (TPSA) is 119 Å². The smallest absolute Gasteiger partial charge is 0.330 e. The van der Waals surface area contributed by atoms with Crippen LogP contribution in [0.5, 0.6) is 0 Å². The minimum Gasteiger partial charge on any atom is -0.444 e. The molecule has 0 saturated heterocycles. The number of nitrogen functional groups attached to an aromatic ring is 1. The summed E-state index contributed by atoms with van der Waals surface area (Å²) in [6.07, 6.45) is 1.58. The number of nitrogens with two attached hydrogens (primary N) is 1. The highest BCUT2D eigenvalue weighted by atomic mass is 16.4. The van der Waals surface area contributed by atoms with Gasteiger partial charge in [0.1, 0.15) is 17.3 Å². The number of oxazole rings is 1. The quantitative estimate of drug-likeness (QED) is 0.718. The van der Waals surface area contributed by atoms with Gasteiger partial charge in [0, 0.05) is 6.54 Å². The molecule has 0 aliphatic heterocycles. The van der Waals surface area contributed by atoms with Gasteiger partial charge in [-0.3, -0.25) is 14.3 Å². The zero-order valence-corrected chi connectivity index (χ0v) is 10.7. The Morgan fingerprint density at radius 1 is 1.53 bits per heavy atom. The third-order valence-electron chi connectivity index (χ3n) is 2.64. The van der Waals surface area contributed by atoms with Crippen molar-refractivity contribution in [3.63, 3.8) is 0 Å². The minimum atomic E-state index is -0.560. The Hall–Kier alpha value is -2.51. The Kier molecular flexibility index (Phi) is 3.41. The van der Waals surface area contributed by atoms with Crippen molar-refractivity contribution in [1.82, 2.24) is 14.5 Å². The molecule has 0 atom stereocenters. The van der Waals surface area contributed by atoms with E-state index in [0.29, 0.717) is 18.2 Å². The average Bonchev–Trinajstić information content (AvgIpc) is 2.75. The lowest BCUT2D eigenvalue weighted by Crippen LogP contribution is -2.33. The highest BCUT2D eigenvalue weighted by molar-refractivity contribution is 5.60. The molecule has 2 aromatic heterocycles. The van der Waals surface area contributed by atoms with E-state index in [1.54, 1.807) is 20.0 Å². The van der Waals surface area contributed by atoms with Crippen molar-refractivity contribution in [2.24, 2.45) is 0 Å². The predicted octanol–water partition coefficient (Wildman–Crippen LogP) is 0.0472. The van der Waals surface area contributed by atoms with Crippen LogP contribution >= 0.6 is 0 Å². The van der Waals surface area contributed by atoms with Crippen LogP contribution in [0.3, 0.4) is 0 Å². The van der Waals surface area contributed by atoms with E-state index in [2.05, 4.69) is 15.3 Å². The summed E-state index contributed by atoms with van der Waals surface area (Å²) >= 11 is 0. The second kappa shape index (κ2) is 5.01. The van der Waals surface area contributed by atoms with E-state index >= 15 is 0 Å². The lowest BCUT2D eigenvalue weighted by molar-refractivity contribution is 0.479. The Labute approximate surface area is 108 Å². The first-order valence-corrected chi connectivity index (χ1v) is 5.80. The molecule has 0 spiro atoms. The minimum absolute atomic E-state index is 0.0968. The third kappa shape index (κ3) is 2.51. The van der Waals surface area contributed by atoms with Crippen LogP contribution in [0.1, 0.15) is 18.6 Å². The fourth-order valence-electron chi connectivity index (χ4n) is 1.72. The molecule has 19 heavy (non-hydrogen) atoms. The van der Waals surface area contributed by atoms with Crippen LogP contribution < -0.4 is 22.3 Å². The molecule has 2 rings (SSSR count). The number of nitrogens with zero attached hydrogens (tertiary/aromatic N) is 2. The van der Waals surface area contributed by atoms with Crippen molar-refractivity contribution in [3.05, 3.63) is 38.7 Å². The van der Waals surface area contributed by atoms with E-state index in [-0.39, 0.29) is 18.1 Å². The third-order valence-corrected chi connectivity index (χ3v) is 2.64. The lowest BCUT2D eigenvalue weighted by Gasteiger charge is -2.11. The monoisotopic (exact) mass is 265 g/mol. The Morgan fingerprint density at radius 2 is 2.26 bits per heavy atom. The summed E-state index contributed by atoms with van der Waals surface area (Å²) in [7, 11) is 0. The number of aromatic nitrogens is 3. The van der Waals surface area contributed by atoms with Crippen LogP contribution in [0.2, 0.25) is 0 Å². The molecule has 0 unspecified atom stereocenters. The molecule has 0 aliphatic rings. The van der Waals surface area contributed by atoms with Crippen LogP contribution in [0.4, 0.5) is 11.5 Å². The van der Waals surface area contributed by atoms with Gasteiger partial charge in [0.15, 0.2) is 0 Å². The van der Waals surface area contributed by atoms with E-state index in [1.165, 1.54) is 4.57 Å². The zero-order chi connectivity index (χ0) is 14.0. The summed E-state index contributed by atoms with van der Waals surface area (Å²) in [6, 6.07) is 0. The molecule has 102 valence electrons. The van der Waals surface area contributed by atoms with Gasteiger partial charge in [0.25, 0.3) is 5.56 Å². The normalized spacial score (nSPS) is 10.6. The first kappa shape index (κ1) is 12.9. The number of hydrogen-bond acceptors (Lipinski definition) is 6. The van der Waals surface area contributed by atoms with Crippen molar-refractivity contribution in [2.75, 3.05) is 11.1 Å². The fraction of sp³-hybridized carbons (Fsp3) is 0.364. The largest absolute Gasteiger partial charge is 0.444 e. The number of anilines is 2. The molecular formula is C11H15N5O3. The van der Waals surface area contributed by atoms with Crippen LogP contribution in [0, 0.1) is 6.92 Å². The van der Waals surface area contributed by atoms with Crippen LogP contribution in [-0.4, -0.2) is 14.5 Å². The summed E-state index contributed by atoms with van der Waals surface area (Å²) in [5, 5.41) is 2.83. The maximum absolute atomic E-state index is 11.7. The van der Waals surface area contributed by atoms with Crippen LogP contribution in [0.25, 0.3) is 0 Å². The van der Waals surface area contributed by atoms with E-state index in [1.807, 2.05) is 0 Å². The molecule has 0 saturated carbocycles. The Morgan fingerprint density at radius 3 is 2.84 bits per heavy atom. The van der Waals surface area contributed by atoms with Gasteiger partial charge in [0.05, 0.1) is 12.7 Å². The Balaban J connectivity index is 2.30. The van der Waals surface area contributed by atoms with Crippen LogP contribution in [-0.2, 0) is 13.1 Å².